The second kappa shape index (κ2) is 4.17. The van der Waals surface area contributed by atoms with Gasteiger partial charge in [0.25, 0.3) is 0 Å². The monoisotopic (exact) mass is 202 g/mol. The van der Waals surface area contributed by atoms with Crippen molar-refractivity contribution in [2.24, 2.45) is 7.05 Å². The van der Waals surface area contributed by atoms with Gasteiger partial charge in [-0.1, -0.05) is 6.07 Å². The summed E-state index contributed by atoms with van der Waals surface area (Å²) >= 11 is 0. The van der Waals surface area contributed by atoms with E-state index in [2.05, 4.69) is 11.2 Å². The summed E-state index contributed by atoms with van der Waals surface area (Å²) in [6.45, 7) is 2.67. The summed E-state index contributed by atoms with van der Waals surface area (Å²) in [5.41, 5.74) is 2.15. The van der Waals surface area contributed by atoms with E-state index in [1.165, 1.54) is 0 Å². The average Bonchev–Trinajstić information content (AvgIpc) is 2.57. The largest absolute Gasteiger partial charge is 0.501 e. The normalized spacial score (nSPS) is 11.3. The molecule has 0 unspecified atom stereocenters. The summed E-state index contributed by atoms with van der Waals surface area (Å²) in [6.07, 6.45) is 5.68. The van der Waals surface area contributed by atoms with Gasteiger partial charge in [0.2, 0.25) is 0 Å². The van der Waals surface area contributed by atoms with E-state index in [-0.39, 0.29) is 0 Å². The van der Waals surface area contributed by atoms with Crippen molar-refractivity contribution in [1.29, 1.82) is 0 Å². The van der Waals surface area contributed by atoms with Crippen LogP contribution in [-0.2, 0) is 11.8 Å². The van der Waals surface area contributed by atoms with Crippen LogP contribution in [-0.4, -0.2) is 16.4 Å². The van der Waals surface area contributed by atoms with Gasteiger partial charge >= 0.3 is 0 Å². The van der Waals surface area contributed by atoms with E-state index in [9.17, 15) is 0 Å². The lowest BCUT2D eigenvalue weighted by Gasteiger charge is -1.94. The zero-order chi connectivity index (χ0) is 10.7. The molecule has 2 rings (SSSR count). The molecule has 0 spiro atoms. The van der Waals surface area contributed by atoms with Gasteiger partial charge < -0.3 is 4.74 Å². The zero-order valence-corrected chi connectivity index (χ0v) is 8.97. The molecule has 0 aliphatic carbocycles. The van der Waals surface area contributed by atoms with Gasteiger partial charge in [0, 0.05) is 18.6 Å². The molecule has 0 N–H and O–H groups in total. The number of benzene rings is 1. The SMILES string of the molecule is CCO/C=C/c1ccc2nn(C)cc2c1. The molecule has 0 aliphatic rings. The van der Waals surface area contributed by atoms with E-state index >= 15 is 0 Å². The molecule has 0 saturated heterocycles. The molecule has 1 aromatic carbocycles. The molecule has 0 saturated carbocycles. The number of nitrogens with zero attached hydrogens (tertiary/aromatic N) is 2. The molecule has 1 heterocycles. The Balaban J connectivity index is 2.30. The number of fused-ring (bicyclic) bond motifs is 1. The van der Waals surface area contributed by atoms with Crippen LogP contribution in [0, 0.1) is 0 Å². The molecule has 0 fully saturated rings. The summed E-state index contributed by atoms with van der Waals surface area (Å²) in [7, 11) is 1.93. The summed E-state index contributed by atoms with van der Waals surface area (Å²) in [5, 5.41) is 5.46. The third-order valence-corrected chi connectivity index (χ3v) is 2.17. The lowest BCUT2D eigenvalue weighted by Crippen LogP contribution is -1.84. The Morgan fingerprint density at radius 2 is 2.33 bits per heavy atom. The van der Waals surface area contributed by atoms with Crippen molar-refractivity contribution in [3.8, 4) is 0 Å². The van der Waals surface area contributed by atoms with E-state index < -0.39 is 0 Å². The number of aryl methyl sites for hydroxylation is 1. The second-order valence-electron chi connectivity index (χ2n) is 3.38. The van der Waals surface area contributed by atoms with E-state index in [1.54, 1.807) is 6.26 Å². The smallest absolute Gasteiger partial charge is 0.0923 e. The van der Waals surface area contributed by atoms with Crippen LogP contribution >= 0.6 is 0 Å². The maximum absolute atomic E-state index is 5.15. The second-order valence-corrected chi connectivity index (χ2v) is 3.38. The first-order valence-electron chi connectivity index (χ1n) is 5.01. The average molecular weight is 202 g/mol. The predicted octanol–water partition coefficient (Wildman–Crippen LogP) is 2.58. The molecule has 3 heteroatoms. The quantitative estimate of drug-likeness (QED) is 0.715. The first kappa shape index (κ1) is 9.77. The molecule has 0 atom stereocenters. The van der Waals surface area contributed by atoms with Crippen molar-refractivity contribution in [1.82, 2.24) is 9.78 Å². The van der Waals surface area contributed by atoms with Crippen molar-refractivity contribution in [3.05, 3.63) is 36.2 Å². The fraction of sp³-hybridized carbons (Fsp3) is 0.250. The van der Waals surface area contributed by atoms with Gasteiger partial charge in [-0.3, -0.25) is 4.68 Å². The number of ether oxygens (including phenoxy) is 1. The Bertz CT molecular complexity index is 485. The summed E-state index contributed by atoms with van der Waals surface area (Å²) < 4.78 is 6.97. The molecule has 1 aromatic heterocycles. The predicted molar refractivity (Wildman–Crippen MR) is 61.4 cm³/mol. The topological polar surface area (TPSA) is 27.1 Å². The molecular formula is C12H14N2O. The molecule has 3 nitrogen and oxygen atoms in total. The van der Waals surface area contributed by atoms with E-state index in [0.29, 0.717) is 6.61 Å². The van der Waals surface area contributed by atoms with Gasteiger partial charge in [0.1, 0.15) is 0 Å². The number of rotatable bonds is 3. The van der Waals surface area contributed by atoms with Gasteiger partial charge in [-0.2, -0.15) is 5.10 Å². The minimum atomic E-state index is 0.700. The van der Waals surface area contributed by atoms with Crippen molar-refractivity contribution < 1.29 is 4.74 Å². The number of hydrogen-bond donors (Lipinski definition) is 0. The zero-order valence-electron chi connectivity index (χ0n) is 8.97. The number of hydrogen-bond acceptors (Lipinski definition) is 2. The lowest BCUT2D eigenvalue weighted by molar-refractivity contribution is 0.272. The standard InChI is InChI=1S/C12H14N2O/c1-3-15-7-6-10-4-5-12-11(8-10)9-14(2)13-12/h4-9H,3H2,1-2H3/b7-6+. The van der Waals surface area contributed by atoms with Gasteiger partial charge in [-0.15, -0.1) is 0 Å². The molecule has 78 valence electrons. The van der Waals surface area contributed by atoms with Crippen LogP contribution in [0.5, 0.6) is 0 Å². The van der Waals surface area contributed by atoms with Crippen LogP contribution in [0.15, 0.2) is 30.7 Å². The highest BCUT2D eigenvalue weighted by Gasteiger charge is 1.97. The van der Waals surface area contributed by atoms with Crippen molar-refractivity contribution >= 4 is 17.0 Å². The van der Waals surface area contributed by atoms with Crippen LogP contribution < -0.4 is 0 Å². The minimum absolute atomic E-state index is 0.700. The fourth-order valence-electron chi connectivity index (χ4n) is 1.49. The van der Waals surface area contributed by atoms with Crippen LogP contribution in [0.4, 0.5) is 0 Å². The van der Waals surface area contributed by atoms with E-state index in [1.807, 2.05) is 43.1 Å². The Morgan fingerprint density at radius 3 is 3.13 bits per heavy atom. The fourth-order valence-corrected chi connectivity index (χ4v) is 1.49. The maximum Gasteiger partial charge on any atom is 0.0923 e. The molecule has 15 heavy (non-hydrogen) atoms. The van der Waals surface area contributed by atoms with Crippen LogP contribution in [0.1, 0.15) is 12.5 Å². The van der Waals surface area contributed by atoms with Crippen LogP contribution in [0.2, 0.25) is 0 Å². The molecule has 0 radical (unpaired) electrons. The third-order valence-electron chi connectivity index (χ3n) is 2.17. The van der Waals surface area contributed by atoms with Crippen LogP contribution in [0.3, 0.4) is 0 Å². The highest BCUT2D eigenvalue weighted by molar-refractivity contribution is 5.80. The highest BCUT2D eigenvalue weighted by atomic mass is 16.5. The highest BCUT2D eigenvalue weighted by Crippen LogP contribution is 2.14. The Hall–Kier alpha value is -1.77. The summed E-state index contributed by atoms with van der Waals surface area (Å²) in [4.78, 5) is 0. The van der Waals surface area contributed by atoms with Crippen LogP contribution in [0.25, 0.3) is 17.0 Å². The summed E-state index contributed by atoms with van der Waals surface area (Å²) in [5.74, 6) is 0. The Labute approximate surface area is 89.0 Å². The number of aromatic nitrogens is 2. The van der Waals surface area contributed by atoms with Gasteiger partial charge in [0.05, 0.1) is 18.4 Å². The van der Waals surface area contributed by atoms with E-state index in [4.69, 9.17) is 4.74 Å². The third kappa shape index (κ3) is 2.18. The lowest BCUT2D eigenvalue weighted by atomic mass is 10.1. The van der Waals surface area contributed by atoms with Crippen molar-refractivity contribution in [2.45, 2.75) is 6.92 Å². The Kier molecular flexibility index (Phi) is 2.72. The first-order valence-corrected chi connectivity index (χ1v) is 5.01. The molecule has 0 bridgehead atoms. The van der Waals surface area contributed by atoms with Gasteiger partial charge in [-0.25, -0.2) is 0 Å². The molecular weight excluding hydrogens is 188 g/mol. The van der Waals surface area contributed by atoms with E-state index in [0.717, 1.165) is 16.5 Å². The van der Waals surface area contributed by atoms with Gasteiger partial charge in [0.15, 0.2) is 0 Å². The van der Waals surface area contributed by atoms with Crippen molar-refractivity contribution in [2.75, 3.05) is 6.61 Å². The van der Waals surface area contributed by atoms with Gasteiger partial charge in [-0.05, 0) is 30.7 Å². The molecule has 0 amide bonds. The first-order chi connectivity index (χ1) is 7.29. The maximum atomic E-state index is 5.15. The molecule has 0 aliphatic heterocycles. The summed E-state index contributed by atoms with van der Waals surface area (Å²) in [6, 6.07) is 6.14. The minimum Gasteiger partial charge on any atom is -0.501 e. The molecule has 2 aromatic rings. The Morgan fingerprint density at radius 1 is 1.47 bits per heavy atom. The van der Waals surface area contributed by atoms with Crippen molar-refractivity contribution in [3.63, 3.8) is 0 Å².